The van der Waals surface area contributed by atoms with Crippen molar-refractivity contribution in [2.45, 2.75) is 19.9 Å². The molecule has 0 spiro atoms. The van der Waals surface area contributed by atoms with Crippen molar-refractivity contribution >= 4 is 17.5 Å². The van der Waals surface area contributed by atoms with Crippen LogP contribution in [0.15, 0.2) is 54.7 Å². The minimum atomic E-state index is 0.610. The summed E-state index contributed by atoms with van der Waals surface area (Å²) >= 11 is 0. The lowest BCUT2D eigenvalue weighted by Gasteiger charge is -2.28. The second kappa shape index (κ2) is 7.39. The van der Waals surface area contributed by atoms with E-state index in [1.54, 1.807) is 6.20 Å². The molecule has 6 heteroatoms. The van der Waals surface area contributed by atoms with Gasteiger partial charge < -0.3 is 15.0 Å². The summed E-state index contributed by atoms with van der Waals surface area (Å²) in [6.45, 7) is 4.27. The maximum Gasteiger partial charge on any atom is 0.247 e. The fraction of sp³-hybridized carbons (Fsp3) is 0.250. The van der Waals surface area contributed by atoms with E-state index in [9.17, 15) is 0 Å². The number of ether oxygens (including phenoxy) is 1. The van der Waals surface area contributed by atoms with Crippen LogP contribution in [0.4, 0.5) is 17.5 Å². The van der Waals surface area contributed by atoms with Crippen molar-refractivity contribution in [1.82, 2.24) is 15.2 Å². The van der Waals surface area contributed by atoms with Crippen molar-refractivity contribution < 1.29 is 4.74 Å². The van der Waals surface area contributed by atoms with E-state index in [2.05, 4.69) is 49.7 Å². The SMILES string of the molecule is CCOc1ccccc1Nc1cnnc(N2CCc3ccccc3C2)n1. The van der Waals surface area contributed by atoms with Crippen molar-refractivity contribution in [3.8, 4) is 5.75 Å². The molecule has 0 aliphatic carbocycles. The Kier molecular flexibility index (Phi) is 4.64. The summed E-state index contributed by atoms with van der Waals surface area (Å²) in [4.78, 5) is 6.81. The first kappa shape index (κ1) is 16.3. The molecule has 6 nitrogen and oxygen atoms in total. The van der Waals surface area contributed by atoms with E-state index >= 15 is 0 Å². The van der Waals surface area contributed by atoms with Gasteiger partial charge >= 0.3 is 0 Å². The van der Waals surface area contributed by atoms with Gasteiger partial charge in [0.05, 0.1) is 18.5 Å². The Balaban J connectivity index is 1.55. The van der Waals surface area contributed by atoms with Gasteiger partial charge in [0, 0.05) is 13.1 Å². The lowest BCUT2D eigenvalue weighted by Crippen LogP contribution is -2.32. The van der Waals surface area contributed by atoms with Gasteiger partial charge in [-0.25, -0.2) is 0 Å². The standard InChI is InChI=1S/C20H21N5O/c1-2-26-18-10-6-5-9-17(18)22-19-13-21-24-20(23-19)25-12-11-15-7-3-4-8-16(15)14-25/h3-10,13H,2,11-12,14H2,1H3,(H,22,23,24). The van der Waals surface area contributed by atoms with Crippen LogP contribution in [0.2, 0.25) is 0 Å². The van der Waals surface area contributed by atoms with Gasteiger partial charge in [0.2, 0.25) is 5.95 Å². The predicted octanol–water partition coefficient (Wildman–Crippen LogP) is 3.58. The largest absolute Gasteiger partial charge is 0.492 e. The minimum absolute atomic E-state index is 0.610. The molecule has 0 atom stereocenters. The van der Waals surface area contributed by atoms with E-state index in [0.29, 0.717) is 18.4 Å². The Morgan fingerprint density at radius 1 is 1.08 bits per heavy atom. The summed E-state index contributed by atoms with van der Waals surface area (Å²) < 4.78 is 5.66. The molecule has 4 rings (SSSR count). The summed E-state index contributed by atoms with van der Waals surface area (Å²) in [7, 11) is 0. The van der Waals surface area contributed by atoms with E-state index in [-0.39, 0.29) is 0 Å². The molecule has 1 aromatic heterocycles. The molecule has 2 aromatic carbocycles. The molecular formula is C20H21N5O. The Hall–Kier alpha value is -3.15. The molecule has 0 radical (unpaired) electrons. The number of hydrogen-bond acceptors (Lipinski definition) is 6. The lowest BCUT2D eigenvalue weighted by molar-refractivity contribution is 0.342. The van der Waals surface area contributed by atoms with Crippen LogP contribution in [0.25, 0.3) is 0 Å². The third kappa shape index (κ3) is 3.44. The van der Waals surface area contributed by atoms with Gasteiger partial charge in [-0.05, 0) is 36.6 Å². The topological polar surface area (TPSA) is 63.2 Å². The van der Waals surface area contributed by atoms with Gasteiger partial charge in [0.25, 0.3) is 0 Å². The highest BCUT2D eigenvalue weighted by atomic mass is 16.5. The first-order chi connectivity index (χ1) is 12.8. The second-order valence-electron chi connectivity index (χ2n) is 6.14. The minimum Gasteiger partial charge on any atom is -0.492 e. The number of benzene rings is 2. The Labute approximate surface area is 152 Å². The molecule has 1 N–H and O–H groups in total. The van der Waals surface area contributed by atoms with Crippen molar-refractivity contribution in [3.05, 3.63) is 65.9 Å². The highest BCUT2D eigenvalue weighted by Gasteiger charge is 2.18. The van der Waals surface area contributed by atoms with E-state index < -0.39 is 0 Å². The summed E-state index contributed by atoms with van der Waals surface area (Å²) in [6.07, 6.45) is 2.62. The number of nitrogens with one attached hydrogen (secondary N) is 1. The van der Waals surface area contributed by atoms with Crippen LogP contribution in [-0.4, -0.2) is 28.3 Å². The zero-order valence-electron chi connectivity index (χ0n) is 14.7. The third-order valence-corrected chi connectivity index (χ3v) is 4.41. The highest BCUT2D eigenvalue weighted by Crippen LogP contribution is 2.27. The Morgan fingerprint density at radius 2 is 1.88 bits per heavy atom. The molecule has 0 bridgehead atoms. The van der Waals surface area contributed by atoms with E-state index in [4.69, 9.17) is 4.74 Å². The first-order valence-corrected chi connectivity index (χ1v) is 8.84. The third-order valence-electron chi connectivity index (χ3n) is 4.41. The fourth-order valence-corrected chi connectivity index (χ4v) is 3.14. The molecule has 0 fully saturated rings. The fourth-order valence-electron chi connectivity index (χ4n) is 3.14. The number of para-hydroxylation sites is 2. The quantitative estimate of drug-likeness (QED) is 0.761. The average molecular weight is 347 g/mol. The van der Waals surface area contributed by atoms with Crippen molar-refractivity contribution in [3.63, 3.8) is 0 Å². The predicted molar refractivity (Wildman–Crippen MR) is 102 cm³/mol. The lowest BCUT2D eigenvalue weighted by atomic mass is 10.0. The second-order valence-corrected chi connectivity index (χ2v) is 6.14. The molecule has 2 heterocycles. The molecule has 26 heavy (non-hydrogen) atoms. The highest BCUT2D eigenvalue weighted by molar-refractivity contribution is 5.64. The molecule has 0 amide bonds. The van der Waals surface area contributed by atoms with Gasteiger partial charge in [0.15, 0.2) is 5.82 Å². The number of fused-ring (bicyclic) bond motifs is 1. The van der Waals surface area contributed by atoms with Crippen LogP contribution < -0.4 is 15.0 Å². The van der Waals surface area contributed by atoms with Crippen molar-refractivity contribution in [2.24, 2.45) is 0 Å². The van der Waals surface area contributed by atoms with E-state index in [0.717, 1.165) is 30.9 Å². The molecule has 0 saturated carbocycles. The molecular weight excluding hydrogens is 326 g/mol. The monoisotopic (exact) mass is 347 g/mol. The van der Waals surface area contributed by atoms with Gasteiger partial charge in [-0.15, -0.1) is 5.10 Å². The van der Waals surface area contributed by atoms with Gasteiger partial charge in [0.1, 0.15) is 5.75 Å². The molecule has 0 unspecified atom stereocenters. The first-order valence-electron chi connectivity index (χ1n) is 8.84. The maximum absolute atomic E-state index is 5.66. The summed E-state index contributed by atoms with van der Waals surface area (Å²) in [5, 5.41) is 11.7. The van der Waals surface area contributed by atoms with Crippen LogP contribution >= 0.6 is 0 Å². The summed E-state index contributed by atoms with van der Waals surface area (Å²) in [5.41, 5.74) is 3.59. The van der Waals surface area contributed by atoms with Crippen molar-refractivity contribution in [1.29, 1.82) is 0 Å². The zero-order chi connectivity index (χ0) is 17.8. The van der Waals surface area contributed by atoms with Gasteiger partial charge in [-0.3, -0.25) is 0 Å². The number of aromatic nitrogens is 3. The summed E-state index contributed by atoms with van der Waals surface area (Å²) in [5.74, 6) is 2.08. The maximum atomic E-state index is 5.66. The molecule has 1 aliphatic heterocycles. The number of rotatable bonds is 5. The van der Waals surface area contributed by atoms with Crippen LogP contribution in [0, 0.1) is 0 Å². The van der Waals surface area contributed by atoms with Crippen LogP contribution in [0.5, 0.6) is 5.75 Å². The van der Waals surface area contributed by atoms with Crippen LogP contribution in [0.3, 0.4) is 0 Å². The Morgan fingerprint density at radius 3 is 2.77 bits per heavy atom. The van der Waals surface area contributed by atoms with Crippen LogP contribution in [0.1, 0.15) is 18.1 Å². The normalized spacial score (nSPS) is 13.2. The zero-order valence-corrected chi connectivity index (χ0v) is 14.7. The van der Waals surface area contributed by atoms with Gasteiger partial charge in [-0.1, -0.05) is 36.4 Å². The van der Waals surface area contributed by atoms with E-state index in [1.807, 2.05) is 31.2 Å². The van der Waals surface area contributed by atoms with E-state index in [1.165, 1.54) is 11.1 Å². The molecule has 1 aliphatic rings. The molecule has 0 saturated heterocycles. The van der Waals surface area contributed by atoms with Crippen LogP contribution in [-0.2, 0) is 13.0 Å². The number of anilines is 3. The van der Waals surface area contributed by atoms with Crippen molar-refractivity contribution in [2.75, 3.05) is 23.4 Å². The number of nitrogens with zero attached hydrogens (tertiary/aromatic N) is 4. The smallest absolute Gasteiger partial charge is 0.247 e. The molecule has 3 aromatic rings. The Bertz CT molecular complexity index is 899. The van der Waals surface area contributed by atoms with Gasteiger partial charge in [-0.2, -0.15) is 10.1 Å². The average Bonchev–Trinajstić information content (AvgIpc) is 2.69. The number of hydrogen-bond donors (Lipinski definition) is 1. The summed E-state index contributed by atoms with van der Waals surface area (Å²) in [6, 6.07) is 16.3. The molecule has 132 valence electrons.